The molecule has 18 heavy (non-hydrogen) atoms. The Bertz CT molecular complexity index is 492. The van der Waals surface area contributed by atoms with Crippen LogP contribution < -0.4 is 11.4 Å². The van der Waals surface area contributed by atoms with Crippen molar-refractivity contribution < 1.29 is 19.3 Å². The Balaban J connectivity index is 2.32. The van der Waals surface area contributed by atoms with Crippen LogP contribution in [0.1, 0.15) is 13.2 Å². The molecule has 2 rings (SSSR count). The zero-order valence-corrected chi connectivity index (χ0v) is 9.60. The molecule has 0 saturated carbocycles. The van der Waals surface area contributed by atoms with Crippen molar-refractivity contribution in [3.05, 3.63) is 22.7 Å². The molecule has 5 atom stereocenters. The molecular formula is C10H14FN3O4. The van der Waals surface area contributed by atoms with Crippen LogP contribution in [0, 0.1) is 0 Å². The second kappa shape index (κ2) is 4.63. The van der Waals surface area contributed by atoms with E-state index in [0.717, 1.165) is 4.57 Å². The van der Waals surface area contributed by atoms with Gasteiger partial charge in [-0.15, -0.1) is 0 Å². The van der Waals surface area contributed by atoms with E-state index in [1.54, 1.807) is 0 Å². The fourth-order valence-electron chi connectivity index (χ4n) is 1.90. The van der Waals surface area contributed by atoms with Gasteiger partial charge in [0.15, 0.2) is 12.4 Å². The molecule has 1 fully saturated rings. The molecule has 8 heteroatoms. The Kier molecular flexibility index (Phi) is 3.33. The number of nitrogens with two attached hydrogens (primary N) is 1. The lowest BCUT2D eigenvalue weighted by Crippen LogP contribution is -2.36. The first-order valence-corrected chi connectivity index (χ1v) is 5.42. The largest absolute Gasteiger partial charge is 0.391 e. The van der Waals surface area contributed by atoms with Gasteiger partial charge in [0, 0.05) is 6.20 Å². The van der Waals surface area contributed by atoms with Crippen LogP contribution >= 0.6 is 0 Å². The number of aliphatic hydroxyl groups is 2. The van der Waals surface area contributed by atoms with E-state index in [4.69, 9.17) is 10.5 Å². The monoisotopic (exact) mass is 259 g/mol. The van der Waals surface area contributed by atoms with E-state index in [1.807, 2.05) is 0 Å². The van der Waals surface area contributed by atoms with Crippen LogP contribution in [-0.2, 0) is 4.74 Å². The van der Waals surface area contributed by atoms with Gasteiger partial charge in [0.05, 0.1) is 6.10 Å². The molecule has 0 radical (unpaired) electrons. The smallest absolute Gasteiger partial charge is 0.351 e. The number of nitrogen functional groups attached to an aromatic ring is 1. The molecule has 1 aliphatic heterocycles. The number of hydrogen-bond donors (Lipinski definition) is 3. The molecular weight excluding hydrogens is 245 g/mol. The molecule has 2 unspecified atom stereocenters. The molecule has 1 aromatic rings. The Hall–Kier alpha value is -1.51. The van der Waals surface area contributed by atoms with E-state index < -0.39 is 36.4 Å². The van der Waals surface area contributed by atoms with E-state index in [0.29, 0.717) is 0 Å². The second-order valence-corrected chi connectivity index (χ2v) is 4.21. The molecule has 100 valence electrons. The van der Waals surface area contributed by atoms with Gasteiger partial charge in [-0.2, -0.15) is 4.98 Å². The lowest BCUT2D eigenvalue weighted by atomic mass is 10.1. The summed E-state index contributed by atoms with van der Waals surface area (Å²) < 4.78 is 19.9. The Labute approximate surface area is 102 Å². The van der Waals surface area contributed by atoms with Gasteiger partial charge in [-0.25, -0.2) is 9.18 Å². The average molecular weight is 259 g/mol. The Morgan fingerprint density at radius 1 is 1.67 bits per heavy atom. The molecule has 0 aliphatic carbocycles. The molecule has 1 saturated heterocycles. The van der Waals surface area contributed by atoms with Crippen molar-refractivity contribution in [3.8, 4) is 0 Å². The van der Waals surface area contributed by atoms with E-state index in [2.05, 4.69) is 4.98 Å². The summed E-state index contributed by atoms with van der Waals surface area (Å²) in [6, 6.07) is 1.32. The van der Waals surface area contributed by atoms with E-state index in [9.17, 15) is 19.4 Å². The number of ether oxygens (including phenoxy) is 1. The minimum Gasteiger partial charge on any atom is -0.391 e. The number of aromatic nitrogens is 2. The van der Waals surface area contributed by atoms with Crippen molar-refractivity contribution in [2.24, 2.45) is 0 Å². The summed E-state index contributed by atoms with van der Waals surface area (Å²) >= 11 is 0. The number of rotatable bonds is 2. The highest BCUT2D eigenvalue weighted by molar-refractivity contribution is 5.23. The van der Waals surface area contributed by atoms with E-state index in [-0.39, 0.29) is 5.82 Å². The Morgan fingerprint density at radius 2 is 2.33 bits per heavy atom. The van der Waals surface area contributed by atoms with E-state index >= 15 is 0 Å². The van der Waals surface area contributed by atoms with Crippen LogP contribution in [0.5, 0.6) is 0 Å². The van der Waals surface area contributed by atoms with Crippen molar-refractivity contribution in [2.75, 3.05) is 5.73 Å². The first-order valence-electron chi connectivity index (χ1n) is 5.42. The third kappa shape index (κ3) is 2.09. The standard InChI is InChI=1S/C10H14FN3O4/c1-4(15)8-7(16)6(11)9(18-8)14-3-2-5(12)13-10(14)17/h2-4,6-9,15-16H,1H3,(H2,12,13,17)/t4?,6-,7-,8?,9+/m0/s1. The molecule has 0 amide bonds. The summed E-state index contributed by atoms with van der Waals surface area (Å²) in [4.78, 5) is 15.0. The fraction of sp³-hybridized carbons (Fsp3) is 0.600. The summed E-state index contributed by atoms with van der Waals surface area (Å²) in [5, 5.41) is 18.9. The van der Waals surface area contributed by atoms with Crippen molar-refractivity contribution in [1.29, 1.82) is 0 Å². The molecule has 0 aromatic carbocycles. The van der Waals surface area contributed by atoms with Gasteiger partial charge in [-0.05, 0) is 13.0 Å². The maximum Gasteiger partial charge on any atom is 0.351 e. The van der Waals surface area contributed by atoms with Crippen LogP contribution in [0.2, 0.25) is 0 Å². The number of alkyl halides is 1. The summed E-state index contributed by atoms with van der Waals surface area (Å²) in [7, 11) is 0. The minimum absolute atomic E-state index is 0.0114. The second-order valence-electron chi connectivity index (χ2n) is 4.21. The van der Waals surface area contributed by atoms with Crippen molar-refractivity contribution in [1.82, 2.24) is 9.55 Å². The third-order valence-electron chi connectivity index (χ3n) is 2.83. The quantitative estimate of drug-likeness (QED) is 0.615. The summed E-state index contributed by atoms with van der Waals surface area (Å²) in [6.07, 6.45) is -5.55. The van der Waals surface area contributed by atoms with Gasteiger partial charge in [-0.1, -0.05) is 0 Å². The molecule has 1 aromatic heterocycles. The maximum absolute atomic E-state index is 13.9. The number of anilines is 1. The van der Waals surface area contributed by atoms with Gasteiger partial charge in [0.1, 0.15) is 18.0 Å². The molecule has 7 nitrogen and oxygen atoms in total. The van der Waals surface area contributed by atoms with Crippen LogP contribution in [0.3, 0.4) is 0 Å². The highest BCUT2D eigenvalue weighted by Crippen LogP contribution is 2.32. The lowest BCUT2D eigenvalue weighted by Gasteiger charge is -2.17. The molecule has 1 aliphatic rings. The van der Waals surface area contributed by atoms with Crippen molar-refractivity contribution in [3.63, 3.8) is 0 Å². The van der Waals surface area contributed by atoms with Gasteiger partial charge >= 0.3 is 5.69 Å². The fourth-order valence-corrected chi connectivity index (χ4v) is 1.90. The first kappa shape index (κ1) is 12.9. The Morgan fingerprint density at radius 3 is 2.83 bits per heavy atom. The molecule has 0 bridgehead atoms. The highest BCUT2D eigenvalue weighted by atomic mass is 19.1. The van der Waals surface area contributed by atoms with Crippen LogP contribution in [0.15, 0.2) is 17.1 Å². The molecule has 0 spiro atoms. The molecule has 2 heterocycles. The van der Waals surface area contributed by atoms with Crippen LogP contribution in [0.4, 0.5) is 10.2 Å². The zero-order valence-electron chi connectivity index (χ0n) is 9.60. The number of nitrogens with zero attached hydrogens (tertiary/aromatic N) is 2. The minimum atomic E-state index is -1.83. The summed E-state index contributed by atoms with van der Waals surface area (Å²) in [6.45, 7) is 1.37. The summed E-state index contributed by atoms with van der Waals surface area (Å²) in [5.74, 6) is 0.0114. The van der Waals surface area contributed by atoms with E-state index in [1.165, 1.54) is 19.2 Å². The normalized spacial score (nSPS) is 33.6. The van der Waals surface area contributed by atoms with Gasteiger partial charge in [0.25, 0.3) is 0 Å². The van der Waals surface area contributed by atoms with Crippen LogP contribution in [-0.4, -0.2) is 44.2 Å². The number of hydrogen-bond acceptors (Lipinski definition) is 6. The zero-order chi connectivity index (χ0) is 13.4. The molecule has 4 N–H and O–H groups in total. The maximum atomic E-state index is 13.9. The average Bonchev–Trinajstić information content (AvgIpc) is 2.57. The van der Waals surface area contributed by atoms with Gasteiger partial charge in [0.2, 0.25) is 0 Å². The van der Waals surface area contributed by atoms with Gasteiger partial charge < -0.3 is 20.7 Å². The highest BCUT2D eigenvalue weighted by Gasteiger charge is 2.47. The predicted octanol–water partition coefficient (Wildman–Crippen LogP) is -1.20. The predicted molar refractivity (Wildman–Crippen MR) is 59.4 cm³/mol. The SMILES string of the molecule is CC(O)C1O[C@@H](n2ccc(N)nc2=O)[C@@H](F)[C@@H]1O. The summed E-state index contributed by atoms with van der Waals surface area (Å²) in [5.41, 5.74) is 4.54. The van der Waals surface area contributed by atoms with Crippen molar-refractivity contribution in [2.45, 2.75) is 37.6 Å². The van der Waals surface area contributed by atoms with Gasteiger partial charge in [-0.3, -0.25) is 4.57 Å². The number of aliphatic hydroxyl groups excluding tert-OH is 2. The van der Waals surface area contributed by atoms with Crippen molar-refractivity contribution >= 4 is 5.82 Å². The topological polar surface area (TPSA) is 111 Å². The third-order valence-corrected chi connectivity index (χ3v) is 2.83. The lowest BCUT2D eigenvalue weighted by molar-refractivity contribution is -0.0783. The van der Waals surface area contributed by atoms with Crippen LogP contribution in [0.25, 0.3) is 0 Å². The first-order chi connectivity index (χ1) is 8.41. The number of halogens is 1.